The summed E-state index contributed by atoms with van der Waals surface area (Å²) in [6.45, 7) is 4.34. The van der Waals surface area contributed by atoms with Gasteiger partial charge >= 0.3 is 0 Å². The monoisotopic (exact) mass is 134 g/mol. The van der Waals surface area contributed by atoms with Crippen molar-refractivity contribution in [3.8, 4) is 0 Å². The highest BCUT2D eigenvalue weighted by Gasteiger charge is 2.53. The van der Waals surface area contributed by atoms with E-state index in [0.29, 0.717) is 11.8 Å². The first-order valence-electron chi connectivity index (χ1n) is 2.51. The van der Waals surface area contributed by atoms with E-state index in [-0.39, 0.29) is 4.08 Å². The molecule has 0 unspecified atom stereocenters. The van der Waals surface area contributed by atoms with Crippen LogP contribution in [-0.4, -0.2) is 4.08 Å². The molecule has 2 heteroatoms. The van der Waals surface area contributed by atoms with Gasteiger partial charge in [-0.25, -0.2) is 0 Å². The Morgan fingerprint density at radius 3 is 1.29 bits per heavy atom. The zero-order valence-electron chi connectivity index (χ0n) is 4.55. The molecular weight excluding hydrogens is 124 g/mol. The first kappa shape index (κ1) is 5.83. The Labute approximate surface area is 55.5 Å². The highest BCUT2D eigenvalue weighted by molar-refractivity contribution is 8.01. The summed E-state index contributed by atoms with van der Waals surface area (Å²) in [4.78, 5) is 0. The third kappa shape index (κ3) is 0.685. The molecule has 1 aliphatic rings. The van der Waals surface area contributed by atoms with Crippen molar-refractivity contribution >= 4 is 25.3 Å². The molecule has 0 aromatic rings. The van der Waals surface area contributed by atoms with Crippen LogP contribution >= 0.6 is 25.3 Å². The lowest BCUT2D eigenvalue weighted by atomic mass is 10.4. The summed E-state index contributed by atoms with van der Waals surface area (Å²) < 4.78 is 0.0556. The zero-order valence-corrected chi connectivity index (χ0v) is 6.34. The van der Waals surface area contributed by atoms with Gasteiger partial charge in [0.25, 0.3) is 0 Å². The van der Waals surface area contributed by atoms with Gasteiger partial charge in [0.2, 0.25) is 0 Å². The number of thiol groups is 2. The molecule has 0 spiro atoms. The van der Waals surface area contributed by atoms with Crippen LogP contribution in [0.25, 0.3) is 0 Å². The molecule has 7 heavy (non-hydrogen) atoms. The van der Waals surface area contributed by atoms with Crippen LogP contribution in [0.5, 0.6) is 0 Å². The lowest BCUT2D eigenvalue weighted by Gasteiger charge is -1.92. The fourth-order valence-electron chi connectivity index (χ4n) is 0.732. The van der Waals surface area contributed by atoms with E-state index in [2.05, 4.69) is 39.1 Å². The Morgan fingerprint density at radius 2 is 1.29 bits per heavy atom. The molecule has 0 aromatic carbocycles. The van der Waals surface area contributed by atoms with Crippen molar-refractivity contribution in [2.24, 2.45) is 11.8 Å². The second-order valence-electron chi connectivity index (χ2n) is 2.36. The molecule has 0 N–H and O–H groups in total. The van der Waals surface area contributed by atoms with Gasteiger partial charge in [0.1, 0.15) is 0 Å². The van der Waals surface area contributed by atoms with Crippen LogP contribution < -0.4 is 0 Å². The topological polar surface area (TPSA) is 0 Å². The molecule has 0 aromatic heterocycles. The Balaban J connectivity index is 2.52. The molecule has 0 saturated heterocycles. The largest absolute Gasteiger partial charge is 0.161 e. The van der Waals surface area contributed by atoms with Crippen LogP contribution in [0, 0.1) is 11.8 Å². The Morgan fingerprint density at radius 1 is 1.14 bits per heavy atom. The number of hydrogen-bond acceptors (Lipinski definition) is 2. The maximum atomic E-state index is 4.29. The quantitative estimate of drug-likeness (QED) is 0.366. The molecule has 0 radical (unpaired) electrons. The molecule has 42 valence electrons. The third-order valence-corrected chi connectivity index (χ3v) is 3.61. The summed E-state index contributed by atoms with van der Waals surface area (Å²) in [6.07, 6.45) is 0. The molecule has 0 bridgehead atoms. The predicted octanol–water partition coefficient (Wildman–Crippen LogP) is 1.83. The smallest absolute Gasteiger partial charge is 0.0609 e. The van der Waals surface area contributed by atoms with Crippen molar-refractivity contribution in [3.05, 3.63) is 0 Å². The molecular formula is C5H10S2. The molecule has 0 amide bonds. The summed E-state index contributed by atoms with van der Waals surface area (Å²) in [7, 11) is 0. The molecule has 0 nitrogen and oxygen atoms in total. The van der Waals surface area contributed by atoms with Crippen molar-refractivity contribution < 1.29 is 0 Å². The summed E-state index contributed by atoms with van der Waals surface area (Å²) in [5.41, 5.74) is 0. The standard InChI is InChI=1S/C5H10S2/c1-3-4(2)5(3,6)7/h3-4,6-7H,1-2H3/t3-,4+. The van der Waals surface area contributed by atoms with Crippen LogP contribution in [0.15, 0.2) is 0 Å². The zero-order chi connectivity index (χ0) is 5.65. The van der Waals surface area contributed by atoms with E-state index in [4.69, 9.17) is 0 Å². The Bertz CT molecular complexity index is 78.1. The second-order valence-corrected chi connectivity index (χ2v) is 4.19. The molecule has 1 aliphatic carbocycles. The van der Waals surface area contributed by atoms with Crippen molar-refractivity contribution in [1.29, 1.82) is 0 Å². The van der Waals surface area contributed by atoms with E-state index in [0.717, 1.165) is 0 Å². The third-order valence-electron chi connectivity index (χ3n) is 1.98. The van der Waals surface area contributed by atoms with E-state index in [9.17, 15) is 0 Å². The number of hydrogen-bond donors (Lipinski definition) is 2. The maximum Gasteiger partial charge on any atom is 0.0609 e. The average Bonchev–Trinajstić information content (AvgIpc) is 1.91. The molecule has 0 aliphatic heterocycles. The first-order chi connectivity index (χ1) is 3.07. The van der Waals surface area contributed by atoms with Gasteiger partial charge in [-0.05, 0) is 11.8 Å². The number of rotatable bonds is 0. The Hall–Kier alpha value is 0.700. The van der Waals surface area contributed by atoms with E-state index < -0.39 is 0 Å². The van der Waals surface area contributed by atoms with Crippen LogP contribution in [0.2, 0.25) is 0 Å². The summed E-state index contributed by atoms with van der Waals surface area (Å²) in [5.74, 6) is 1.39. The molecule has 0 heterocycles. The van der Waals surface area contributed by atoms with Crippen molar-refractivity contribution in [2.75, 3.05) is 0 Å². The van der Waals surface area contributed by atoms with E-state index in [1.165, 1.54) is 0 Å². The van der Waals surface area contributed by atoms with Gasteiger partial charge < -0.3 is 0 Å². The minimum atomic E-state index is 0.0556. The normalized spacial score (nSPS) is 46.3. The molecule has 2 atom stereocenters. The van der Waals surface area contributed by atoms with Crippen molar-refractivity contribution in [1.82, 2.24) is 0 Å². The summed E-state index contributed by atoms with van der Waals surface area (Å²) >= 11 is 8.58. The molecule has 1 saturated carbocycles. The predicted molar refractivity (Wildman–Crippen MR) is 39.0 cm³/mol. The molecule has 1 fully saturated rings. The Kier molecular flexibility index (Phi) is 1.12. The first-order valence-corrected chi connectivity index (χ1v) is 3.41. The fourth-order valence-corrected chi connectivity index (χ4v) is 1.48. The van der Waals surface area contributed by atoms with Crippen molar-refractivity contribution in [2.45, 2.75) is 17.9 Å². The van der Waals surface area contributed by atoms with Crippen LogP contribution in [0.3, 0.4) is 0 Å². The average molecular weight is 134 g/mol. The van der Waals surface area contributed by atoms with Gasteiger partial charge in [-0.3, -0.25) is 0 Å². The minimum Gasteiger partial charge on any atom is -0.161 e. The lowest BCUT2D eigenvalue weighted by Crippen LogP contribution is -1.85. The van der Waals surface area contributed by atoms with Gasteiger partial charge in [-0.2, -0.15) is 25.3 Å². The molecule has 1 rings (SSSR count). The van der Waals surface area contributed by atoms with E-state index >= 15 is 0 Å². The van der Waals surface area contributed by atoms with Gasteiger partial charge in [0, 0.05) is 0 Å². The van der Waals surface area contributed by atoms with Crippen LogP contribution in [-0.2, 0) is 0 Å². The minimum absolute atomic E-state index is 0.0556. The van der Waals surface area contributed by atoms with Crippen molar-refractivity contribution in [3.63, 3.8) is 0 Å². The summed E-state index contributed by atoms with van der Waals surface area (Å²) in [6, 6.07) is 0. The fraction of sp³-hybridized carbons (Fsp3) is 1.00. The van der Waals surface area contributed by atoms with Crippen LogP contribution in [0.4, 0.5) is 0 Å². The lowest BCUT2D eigenvalue weighted by molar-refractivity contribution is 0.834. The van der Waals surface area contributed by atoms with E-state index in [1.54, 1.807) is 0 Å². The highest BCUT2D eigenvalue weighted by atomic mass is 32.2. The van der Waals surface area contributed by atoms with Gasteiger partial charge in [-0.15, -0.1) is 0 Å². The SMILES string of the molecule is C[C@@H]1[C@H](C)C1(S)S. The van der Waals surface area contributed by atoms with E-state index in [1.807, 2.05) is 0 Å². The van der Waals surface area contributed by atoms with Gasteiger partial charge in [0.05, 0.1) is 4.08 Å². The van der Waals surface area contributed by atoms with Gasteiger partial charge in [0.15, 0.2) is 0 Å². The maximum absolute atomic E-state index is 4.29. The van der Waals surface area contributed by atoms with Gasteiger partial charge in [-0.1, -0.05) is 13.8 Å². The second kappa shape index (κ2) is 1.35. The van der Waals surface area contributed by atoms with Crippen LogP contribution in [0.1, 0.15) is 13.8 Å². The summed E-state index contributed by atoms with van der Waals surface area (Å²) in [5, 5.41) is 0. The highest BCUT2D eigenvalue weighted by Crippen LogP contribution is 2.57.